The summed E-state index contributed by atoms with van der Waals surface area (Å²) < 4.78 is 33.2. The highest BCUT2D eigenvalue weighted by Crippen LogP contribution is 2.24. The number of nitrogens with one attached hydrogen (secondary N) is 1. The minimum atomic E-state index is -3.61. The van der Waals surface area contributed by atoms with Crippen molar-refractivity contribution in [2.75, 3.05) is 31.6 Å². The molecule has 0 atom stereocenters. The quantitative estimate of drug-likeness (QED) is 0.763. The Bertz CT molecular complexity index is 871. The summed E-state index contributed by atoms with van der Waals surface area (Å²) in [5.41, 5.74) is 3.26. The van der Waals surface area contributed by atoms with E-state index in [4.69, 9.17) is 4.74 Å². The Morgan fingerprint density at radius 3 is 2.32 bits per heavy atom. The van der Waals surface area contributed by atoms with Gasteiger partial charge in [-0.05, 0) is 61.6 Å². The number of anilines is 1. The number of hydrogen-bond acceptors (Lipinski definition) is 4. The molecule has 0 spiro atoms. The van der Waals surface area contributed by atoms with Crippen LogP contribution in [0.2, 0.25) is 0 Å². The van der Waals surface area contributed by atoms with E-state index in [-0.39, 0.29) is 4.90 Å². The molecule has 1 heterocycles. The second-order valence-electron chi connectivity index (χ2n) is 7.37. The average molecular weight is 403 g/mol. The number of methoxy groups -OCH3 is 1. The van der Waals surface area contributed by atoms with E-state index in [1.165, 1.54) is 38.5 Å². The molecule has 3 rings (SSSR count). The number of hydrogen-bond donors (Lipinski definition) is 1. The molecule has 5 nitrogen and oxygen atoms in total. The lowest BCUT2D eigenvalue weighted by Crippen LogP contribution is -2.26. The lowest BCUT2D eigenvalue weighted by Gasteiger charge is -2.22. The molecule has 2 aromatic carbocycles. The van der Waals surface area contributed by atoms with Crippen molar-refractivity contribution in [1.82, 2.24) is 4.72 Å². The average Bonchev–Trinajstić information content (AvgIpc) is 2.98. The van der Waals surface area contributed by atoms with Gasteiger partial charge in [0.05, 0.1) is 7.11 Å². The molecule has 0 radical (unpaired) electrons. The van der Waals surface area contributed by atoms with Gasteiger partial charge in [-0.3, -0.25) is 0 Å². The molecule has 1 aliphatic rings. The van der Waals surface area contributed by atoms with Crippen LogP contribution in [0, 0.1) is 6.92 Å². The molecule has 6 heteroatoms. The third-order valence-electron chi connectivity index (χ3n) is 5.22. The van der Waals surface area contributed by atoms with E-state index in [9.17, 15) is 8.42 Å². The van der Waals surface area contributed by atoms with E-state index in [2.05, 4.69) is 33.9 Å². The smallest absolute Gasteiger partial charge is 0.244 e. The molecule has 0 unspecified atom stereocenters. The maximum atomic E-state index is 12.6. The van der Waals surface area contributed by atoms with Gasteiger partial charge < -0.3 is 9.64 Å². The SMILES string of the molecule is COc1ccc(C)cc1S(=O)(=O)NCCc1ccc(N2CCCCCC2)cc1. The van der Waals surface area contributed by atoms with Gasteiger partial charge in [-0.25, -0.2) is 13.1 Å². The van der Waals surface area contributed by atoms with Crippen LogP contribution in [0.15, 0.2) is 47.4 Å². The van der Waals surface area contributed by atoms with Crippen LogP contribution in [0.3, 0.4) is 0 Å². The first-order valence-corrected chi connectivity index (χ1v) is 11.5. The topological polar surface area (TPSA) is 58.6 Å². The Balaban J connectivity index is 1.59. The van der Waals surface area contributed by atoms with E-state index in [0.717, 1.165) is 24.2 Å². The Morgan fingerprint density at radius 2 is 1.68 bits per heavy atom. The van der Waals surface area contributed by atoms with Crippen molar-refractivity contribution in [2.45, 2.75) is 43.9 Å². The molecule has 1 aliphatic heterocycles. The summed E-state index contributed by atoms with van der Waals surface area (Å²) in [6.45, 7) is 4.46. The zero-order valence-electron chi connectivity index (χ0n) is 16.8. The van der Waals surface area contributed by atoms with Crippen LogP contribution in [0.1, 0.15) is 36.8 Å². The zero-order chi connectivity index (χ0) is 20.0. The van der Waals surface area contributed by atoms with Gasteiger partial charge in [0, 0.05) is 25.3 Å². The van der Waals surface area contributed by atoms with Crippen LogP contribution < -0.4 is 14.4 Å². The van der Waals surface area contributed by atoms with Crippen LogP contribution >= 0.6 is 0 Å². The molecule has 1 fully saturated rings. The largest absolute Gasteiger partial charge is 0.495 e. The first kappa shape index (κ1) is 20.7. The van der Waals surface area contributed by atoms with Crippen LogP contribution in [0.4, 0.5) is 5.69 Å². The maximum absolute atomic E-state index is 12.6. The van der Waals surface area contributed by atoms with E-state index in [1.54, 1.807) is 12.1 Å². The fourth-order valence-electron chi connectivity index (χ4n) is 3.60. The highest BCUT2D eigenvalue weighted by atomic mass is 32.2. The Labute approximate surface area is 168 Å². The van der Waals surface area contributed by atoms with Crippen LogP contribution in [-0.2, 0) is 16.4 Å². The third kappa shape index (κ3) is 5.26. The van der Waals surface area contributed by atoms with Gasteiger partial charge in [0.25, 0.3) is 0 Å². The number of benzene rings is 2. The molecular formula is C22H30N2O3S. The van der Waals surface area contributed by atoms with E-state index < -0.39 is 10.0 Å². The molecule has 0 saturated carbocycles. The van der Waals surface area contributed by atoms with Crippen molar-refractivity contribution in [3.63, 3.8) is 0 Å². The molecule has 152 valence electrons. The standard InChI is InChI=1S/C22H30N2O3S/c1-18-7-12-21(27-2)22(17-18)28(25,26)23-14-13-19-8-10-20(11-9-19)24-15-5-3-4-6-16-24/h7-12,17,23H,3-6,13-16H2,1-2H3. The van der Waals surface area contributed by atoms with Crippen molar-refractivity contribution in [3.05, 3.63) is 53.6 Å². The second-order valence-corrected chi connectivity index (χ2v) is 9.11. The van der Waals surface area contributed by atoms with Gasteiger partial charge in [0.15, 0.2) is 0 Å². The van der Waals surface area contributed by atoms with Crippen molar-refractivity contribution >= 4 is 15.7 Å². The molecule has 2 aromatic rings. The van der Waals surface area contributed by atoms with E-state index in [1.807, 2.05) is 13.0 Å². The minimum absolute atomic E-state index is 0.187. The van der Waals surface area contributed by atoms with Crippen molar-refractivity contribution in [3.8, 4) is 5.75 Å². The Kier molecular flexibility index (Phi) is 6.97. The van der Waals surface area contributed by atoms with Gasteiger partial charge in [0.2, 0.25) is 10.0 Å². The zero-order valence-corrected chi connectivity index (χ0v) is 17.6. The predicted octanol–water partition coefficient (Wildman–Crippen LogP) is 3.91. The first-order valence-electron chi connectivity index (χ1n) is 9.98. The van der Waals surface area contributed by atoms with Crippen LogP contribution in [0.5, 0.6) is 5.75 Å². The fourth-order valence-corrected chi connectivity index (χ4v) is 4.89. The molecule has 1 saturated heterocycles. The number of rotatable bonds is 7. The summed E-state index contributed by atoms with van der Waals surface area (Å²) in [6, 6.07) is 13.7. The third-order valence-corrected chi connectivity index (χ3v) is 6.70. The van der Waals surface area contributed by atoms with Crippen molar-refractivity contribution in [2.24, 2.45) is 0 Å². The molecule has 0 bridgehead atoms. The molecule has 0 aliphatic carbocycles. The number of aryl methyl sites for hydroxylation is 1. The van der Waals surface area contributed by atoms with Crippen molar-refractivity contribution < 1.29 is 13.2 Å². The number of nitrogens with zero attached hydrogens (tertiary/aromatic N) is 1. The van der Waals surface area contributed by atoms with Gasteiger partial charge in [-0.15, -0.1) is 0 Å². The summed E-state index contributed by atoms with van der Waals surface area (Å²) in [6.07, 6.45) is 5.80. The summed E-state index contributed by atoms with van der Waals surface area (Å²) >= 11 is 0. The number of ether oxygens (including phenoxy) is 1. The summed E-state index contributed by atoms with van der Waals surface area (Å²) in [5, 5.41) is 0. The summed E-state index contributed by atoms with van der Waals surface area (Å²) in [5.74, 6) is 0.361. The molecule has 0 aromatic heterocycles. The van der Waals surface area contributed by atoms with E-state index in [0.29, 0.717) is 18.7 Å². The lowest BCUT2D eigenvalue weighted by molar-refractivity contribution is 0.402. The van der Waals surface area contributed by atoms with Gasteiger partial charge in [-0.2, -0.15) is 0 Å². The highest BCUT2D eigenvalue weighted by Gasteiger charge is 2.19. The van der Waals surface area contributed by atoms with Gasteiger partial charge in [0.1, 0.15) is 10.6 Å². The monoisotopic (exact) mass is 402 g/mol. The van der Waals surface area contributed by atoms with E-state index >= 15 is 0 Å². The maximum Gasteiger partial charge on any atom is 0.244 e. The predicted molar refractivity (Wildman–Crippen MR) is 114 cm³/mol. The summed E-state index contributed by atoms with van der Waals surface area (Å²) in [7, 11) is -2.13. The minimum Gasteiger partial charge on any atom is -0.495 e. The highest BCUT2D eigenvalue weighted by molar-refractivity contribution is 7.89. The van der Waals surface area contributed by atoms with Gasteiger partial charge >= 0.3 is 0 Å². The number of sulfonamides is 1. The fraction of sp³-hybridized carbons (Fsp3) is 0.455. The summed E-state index contributed by atoms with van der Waals surface area (Å²) in [4.78, 5) is 2.63. The molecular weight excluding hydrogens is 372 g/mol. The normalized spacial score (nSPS) is 15.3. The van der Waals surface area contributed by atoms with Crippen molar-refractivity contribution in [1.29, 1.82) is 0 Å². The molecule has 28 heavy (non-hydrogen) atoms. The van der Waals surface area contributed by atoms with Gasteiger partial charge in [-0.1, -0.05) is 31.0 Å². The second kappa shape index (κ2) is 9.43. The molecule has 0 amide bonds. The van der Waals surface area contributed by atoms with Crippen LogP contribution in [0.25, 0.3) is 0 Å². The lowest BCUT2D eigenvalue weighted by atomic mass is 10.1. The molecule has 1 N–H and O–H groups in total. The Hall–Kier alpha value is -2.05. The first-order chi connectivity index (χ1) is 13.5. The Morgan fingerprint density at radius 1 is 1.00 bits per heavy atom. The van der Waals surface area contributed by atoms with Crippen LogP contribution in [-0.4, -0.2) is 35.2 Å².